The van der Waals surface area contributed by atoms with Crippen molar-refractivity contribution in [3.05, 3.63) is 34.3 Å². The number of aromatic nitrogens is 3. The third-order valence-corrected chi connectivity index (χ3v) is 4.83. The van der Waals surface area contributed by atoms with Gasteiger partial charge in [-0.2, -0.15) is 0 Å². The lowest BCUT2D eigenvalue weighted by Crippen LogP contribution is -2.33. The highest BCUT2D eigenvalue weighted by atomic mass is 32.1. The van der Waals surface area contributed by atoms with E-state index < -0.39 is 0 Å². The molecule has 0 bridgehead atoms. The van der Waals surface area contributed by atoms with E-state index in [9.17, 15) is 0 Å². The zero-order chi connectivity index (χ0) is 14.8. The second kappa shape index (κ2) is 6.25. The van der Waals surface area contributed by atoms with Crippen LogP contribution in [0, 0.1) is 0 Å². The van der Waals surface area contributed by atoms with Gasteiger partial charge in [-0.1, -0.05) is 0 Å². The van der Waals surface area contributed by atoms with Gasteiger partial charge in [0.2, 0.25) is 0 Å². The Morgan fingerprint density at radius 1 is 1.38 bits per heavy atom. The molecule has 21 heavy (non-hydrogen) atoms. The van der Waals surface area contributed by atoms with E-state index in [2.05, 4.69) is 46.4 Å². The maximum atomic E-state index is 4.82. The van der Waals surface area contributed by atoms with Gasteiger partial charge >= 0.3 is 0 Å². The lowest BCUT2D eigenvalue weighted by atomic mass is 10.3. The van der Waals surface area contributed by atoms with E-state index in [1.165, 1.54) is 16.5 Å². The summed E-state index contributed by atoms with van der Waals surface area (Å²) in [5, 5.41) is 3.23. The fourth-order valence-corrected chi connectivity index (χ4v) is 3.19. The topological polar surface area (TPSA) is 37.2 Å². The van der Waals surface area contributed by atoms with Crippen LogP contribution in [-0.2, 0) is 26.2 Å². The Morgan fingerprint density at radius 2 is 2.24 bits per heavy atom. The molecule has 0 radical (unpaired) electrons. The normalized spacial score (nSPS) is 15.9. The number of nitrogens with zero attached hydrogens (tertiary/aromatic N) is 5. The Bertz CT molecular complexity index is 575. The van der Waals surface area contributed by atoms with Crippen molar-refractivity contribution in [1.82, 2.24) is 24.3 Å². The molecule has 6 heteroatoms. The number of hydrogen-bond acceptors (Lipinski definition) is 5. The summed E-state index contributed by atoms with van der Waals surface area (Å²) in [5.41, 5.74) is 1.18. The summed E-state index contributed by atoms with van der Waals surface area (Å²) in [5.74, 6) is 1.19. The first-order chi connectivity index (χ1) is 10.1. The van der Waals surface area contributed by atoms with Gasteiger partial charge in [0.15, 0.2) is 0 Å². The van der Waals surface area contributed by atoms with Gasteiger partial charge < -0.3 is 4.57 Å². The van der Waals surface area contributed by atoms with Crippen LogP contribution in [0.3, 0.4) is 0 Å². The molecule has 2 aromatic rings. The van der Waals surface area contributed by atoms with Gasteiger partial charge in [0.25, 0.3) is 0 Å². The van der Waals surface area contributed by atoms with Crippen LogP contribution in [0.1, 0.15) is 30.4 Å². The van der Waals surface area contributed by atoms with Crippen molar-refractivity contribution in [2.45, 2.75) is 46.1 Å². The van der Waals surface area contributed by atoms with Crippen LogP contribution in [0.4, 0.5) is 0 Å². The van der Waals surface area contributed by atoms with E-state index in [4.69, 9.17) is 4.98 Å². The Kier molecular flexibility index (Phi) is 4.37. The maximum Gasteiger partial charge on any atom is 0.123 e. The summed E-state index contributed by atoms with van der Waals surface area (Å²) in [6, 6.07) is 0.546. The minimum Gasteiger partial charge on any atom is -0.332 e. The van der Waals surface area contributed by atoms with E-state index in [1.807, 2.05) is 11.6 Å². The minimum atomic E-state index is 0.546. The maximum absolute atomic E-state index is 4.82. The van der Waals surface area contributed by atoms with Crippen LogP contribution in [0.5, 0.6) is 0 Å². The highest BCUT2D eigenvalue weighted by Crippen LogP contribution is 2.17. The van der Waals surface area contributed by atoms with Crippen molar-refractivity contribution >= 4 is 11.3 Å². The Hall–Kier alpha value is -1.24. The summed E-state index contributed by atoms with van der Waals surface area (Å²) < 4.78 is 2.31. The second-order valence-corrected chi connectivity index (χ2v) is 6.97. The zero-order valence-electron chi connectivity index (χ0n) is 13.0. The molecular formula is C15H23N5S. The Labute approximate surface area is 130 Å². The first kappa shape index (κ1) is 14.7. The molecular weight excluding hydrogens is 282 g/mol. The first-order valence-electron chi connectivity index (χ1n) is 7.47. The summed E-state index contributed by atoms with van der Waals surface area (Å²) >= 11 is 1.73. The monoisotopic (exact) mass is 305 g/mol. The van der Waals surface area contributed by atoms with Crippen molar-refractivity contribution < 1.29 is 0 Å². The molecule has 0 amide bonds. The fourth-order valence-electron chi connectivity index (χ4n) is 2.53. The average Bonchev–Trinajstić information content (AvgIpc) is 3.07. The standard InChI is InChI=1S/C15H23N5S/c1-12(2)18(3)8-13-9-20-6-5-19(10-14(20)17-13)11-15-16-4-7-21-15/h4,7,9,12H,5-6,8,10-11H2,1-3H3. The highest BCUT2D eigenvalue weighted by molar-refractivity contribution is 7.09. The molecule has 2 aromatic heterocycles. The third-order valence-electron chi connectivity index (χ3n) is 4.07. The van der Waals surface area contributed by atoms with Gasteiger partial charge in [-0.15, -0.1) is 11.3 Å². The molecule has 1 aliphatic rings. The molecule has 0 aromatic carbocycles. The minimum absolute atomic E-state index is 0.546. The molecule has 0 N–H and O–H groups in total. The summed E-state index contributed by atoms with van der Waals surface area (Å²) in [6.07, 6.45) is 4.10. The molecule has 0 saturated heterocycles. The summed E-state index contributed by atoms with van der Waals surface area (Å²) in [4.78, 5) is 13.9. The predicted molar refractivity (Wildman–Crippen MR) is 85.1 cm³/mol. The van der Waals surface area contributed by atoms with E-state index in [0.717, 1.165) is 32.7 Å². The van der Waals surface area contributed by atoms with Crippen LogP contribution in [0.2, 0.25) is 0 Å². The molecule has 0 saturated carbocycles. The molecule has 1 aliphatic heterocycles. The lowest BCUT2D eigenvalue weighted by molar-refractivity contribution is 0.208. The fraction of sp³-hybridized carbons (Fsp3) is 0.600. The van der Waals surface area contributed by atoms with Crippen LogP contribution >= 0.6 is 11.3 Å². The average molecular weight is 305 g/mol. The highest BCUT2D eigenvalue weighted by Gasteiger charge is 2.19. The van der Waals surface area contributed by atoms with Crippen molar-refractivity contribution in [2.24, 2.45) is 0 Å². The zero-order valence-corrected chi connectivity index (χ0v) is 13.8. The molecule has 3 heterocycles. The van der Waals surface area contributed by atoms with Crippen LogP contribution < -0.4 is 0 Å². The van der Waals surface area contributed by atoms with Crippen molar-refractivity contribution in [3.8, 4) is 0 Å². The van der Waals surface area contributed by atoms with Gasteiger partial charge in [-0.05, 0) is 20.9 Å². The molecule has 0 spiro atoms. The number of imidazole rings is 1. The van der Waals surface area contributed by atoms with Gasteiger partial charge in [0.1, 0.15) is 10.8 Å². The molecule has 5 nitrogen and oxygen atoms in total. The van der Waals surface area contributed by atoms with Crippen molar-refractivity contribution in [3.63, 3.8) is 0 Å². The number of thiazole rings is 1. The van der Waals surface area contributed by atoms with Crippen LogP contribution in [0.15, 0.2) is 17.8 Å². The van der Waals surface area contributed by atoms with Crippen molar-refractivity contribution in [2.75, 3.05) is 13.6 Å². The van der Waals surface area contributed by atoms with E-state index >= 15 is 0 Å². The van der Waals surface area contributed by atoms with Gasteiger partial charge in [-0.3, -0.25) is 9.80 Å². The molecule has 0 aliphatic carbocycles. The van der Waals surface area contributed by atoms with Crippen LogP contribution in [0.25, 0.3) is 0 Å². The lowest BCUT2D eigenvalue weighted by Gasteiger charge is -2.26. The first-order valence-corrected chi connectivity index (χ1v) is 8.35. The van der Waals surface area contributed by atoms with E-state index in [-0.39, 0.29) is 0 Å². The smallest absolute Gasteiger partial charge is 0.123 e. The van der Waals surface area contributed by atoms with Crippen molar-refractivity contribution in [1.29, 1.82) is 0 Å². The molecule has 3 rings (SSSR count). The Balaban J connectivity index is 1.64. The SMILES string of the molecule is CC(C)N(C)Cc1cn2c(n1)CN(Cc1nccs1)CC2. The second-order valence-electron chi connectivity index (χ2n) is 5.99. The number of fused-ring (bicyclic) bond motifs is 1. The quantitative estimate of drug-likeness (QED) is 0.848. The molecule has 114 valence electrons. The Morgan fingerprint density at radius 3 is 2.95 bits per heavy atom. The van der Waals surface area contributed by atoms with Gasteiger partial charge in [0.05, 0.1) is 18.8 Å². The third kappa shape index (κ3) is 3.51. The largest absolute Gasteiger partial charge is 0.332 e. The van der Waals surface area contributed by atoms with E-state index in [1.54, 1.807) is 11.3 Å². The summed E-state index contributed by atoms with van der Waals surface area (Å²) in [6.45, 7) is 9.31. The number of hydrogen-bond donors (Lipinski definition) is 0. The van der Waals surface area contributed by atoms with Gasteiger partial charge in [0, 0.05) is 43.4 Å². The van der Waals surface area contributed by atoms with Crippen LogP contribution in [-0.4, -0.2) is 44.0 Å². The number of rotatable bonds is 5. The van der Waals surface area contributed by atoms with Gasteiger partial charge in [-0.25, -0.2) is 9.97 Å². The molecule has 0 atom stereocenters. The van der Waals surface area contributed by atoms with E-state index in [0.29, 0.717) is 6.04 Å². The molecule has 0 fully saturated rings. The molecule has 0 unspecified atom stereocenters. The predicted octanol–water partition coefficient (Wildman–Crippen LogP) is 2.20. The summed E-state index contributed by atoms with van der Waals surface area (Å²) in [7, 11) is 2.15.